The topological polar surface area (TPSA) is 78.4 Å². The third-order valence-electron chi connectivity index (χ3n) is 3.34. The lowest BCUT2D eigenvalue weighted by Crippen LogP contribution is -2.38. The zero-order chi connectivity index (χ0) is 17.9. The number of rotatable bonds is 9. The van der Waals surface area contributed by atoms with Gasteiger partial charge in [0.05, 0.1) is 11.4 Å². The number of aryl methyl sites for hydroxylation is 1. The van der Waals surface area contributed by atoms with Crippen LogP contribution in [0.25, 0.3) is 0 Å². The quantitative estimate of drug-likeness (QED) is 0.211. The number of aromatic nitrogens is 1. The molecular weight excluding hydrogens is 481 g/mol. The molecule has 2 heterocycles. The summed E-state index contributed by atoms with van der Waals surface area (Å²) in [6, 6.07) is 3.71. The highest BCUT2D eigenvalue weighted by Gasteiger charge is 2.05. The Bertz CT molecular complexity index is 673. The van der Waals surface area contributed by atoms with E-state index in [0.29, 0.717) is 13.1 Å². The SMILES string of the molecule is CCNC(=NCc1ncc(CC)s1)NCCCNC(=O)c1cccs1.I. The molecule has 0 aliphatic rings. The number of carbonyl (C=O) groups excluding carboxylic acids is 1. The summed E-state index contributed by atoms with van der Waals surface area (Å²) in [5.74, 6) is 0.770. The van der Waals surface area contributed by atoms with Gasteiger partial charge in [-0.05, 0) is 31.2 Å². The first-order valence-corrected chi connectivity index (χ1v) is 10.2. The van der Waals surface area contributed by atoms with E-state index in [2.05, 4.69) is 32.9 Å². The highest BCUT2D eigenvalue weighted by atomic mass is 127. The Morgan fingerprint density at radius 3 is 2.69 bits per heavy atom. The van der Waals surface area contributed by atoms with Crippen molar-refractivity contribution in [2.75, 3.05) is 19.6 Å². The zero-order valence-electron chi connectivity index (χ0n) is 15.1. The average molecular weight is 507 g/mol. The van der Waals surface area contributed by atoms with E-state index < -0.39 is 0 Å². The van der Waals surface area contributed by atoms with Crippen LogP contribution in [0.3, 0.4) is 0 Å². The van der Waals surface area contributed by atoms with Gasteiger partial charge in [-0.2, -0.15) is 0 Å². The summed E-state index contributed by atoms with van der Waals surface area (Å²) in [7, 11) is 0. The van der Waals surface area contributed by atoms with Crippen molar-refractivity contribution in [2.45, 2.75) is 33.2 Å². The maximum Gasteiger partial charge on any atom is 0.261 e. The number of guanidine groups is 1. The molecule has 0 atom stereocenters. The predicted molar refractivity (Wildman–Crippen MR) is 121 cm³/mol. The van der Waals surface area contributed by atoms with Gasteiger partial charge in [-0.1, -0.05) is 13.0 Å². The summed E-state index contributed by atoms with van der Waals surface area (Å²) >= 11 is 3.16. The Morgan fingerprint density at radius 2 is 2.04 bits per heavy atom. The third kappa shape index (κ3) is 8.00. The van der Waals surface area contributed by atoms with Gasteiger partial charge in [-0.15, -0.1) is 46.7 Å². The lowest BCUT2D eigenvalue weighted by atomic mass is 10.4. The van der Waals surface area contributed by atoms with Crippen LogP contribution in [0, 0.1) is 0 Å². The Kier molecular flexibility index (Phi) is 11.5. The molecule has 0 unspecified atom stereocenters. The van der Waals surface area contributed by atoms with Gasteiger partial charge in [0.25, 0.3) is 5.91 Å². The predicted octanol–water partition coefficient (Wildman–Crippen LogP) is 3.26. The average Bonchev–Trinajstić information content (AvgIpc) is 3.30. The first-order valence-electron chi connectivity index (χ1n) is 8.50. The fourth-order valence-electron chi connectivity index (χ4n) is 2.06. The van der Waals surface area contributed by atoms with E-state index >= 15 is 0 Å². The first kappa shape index (κ1) is 22.8. The number of carbonyl (C=O) groups is 1. The molecule has 1 amide bonds. The molecular formula is C17H26IN5OS2. The molecule has 0 aromatic carbocycles. The Labute approximate surface area is 179 Å². The van der Waals surface area contributed by atoms with Crippen molar-refractivity contribution >= 4 is 58.5 Å². The van der Waals surface area contributed by atoms with Crippen LogP contribution in [-0.2, 0) is 13.0 Å². The number of hydrogen-bond acceptors (Lipinski definition) is 5. The smallest absolute Gasteiger partial charge is 0.261 e. The van der Waals surface area contributed by atoms with Crippen molar-refractivity contribution in [2.24, 2.45) is 4.99 Å². The van der Waals surface area contributed by atoms with Crippen LogP contribution in [0.2, 0.25) is 0 Å². The molecule has 144 valence electrons. The normalized spacial score (nSPS) is 10.9. The van der Waals surface area contributed by atoms with Crippen LogP contribution in [0.4, 0.5) is 0 Å². The molecule has 0 fully saturated rings. The lowest BCUT2D eigenvalue weighted by Gasteiger charge is -2.11. The van der Waals surface area contributed by atoms with Gasteiger partial charge in [0, 0.05) is 30.7 Å². The van der Waals surface area contributed by atoms with E-state index in [1.807, 2.05) is 30.6 Å². The molecule has 0 saturated carbocycles. The molecule has 9 heteroatoms. The lowest BCUT2D eigenvalue weighted by molar-refractivity contribution is 0.0957. The summed E-state index contributed by atoms with van der Waals surface area (Å²) in [5, 5.41) is 12.4. The molecule has 2 aromatic rings. The second-order valence-corrected chi connectivity index (χ2v) is 7.43. The summed E-state index contributed by atoms with van der Waals surface area (Å²) < 4.78 is 0. The van der Waals surface area contributed by atoms with Crippen molar-refractivity contribution in [1.82, 2.24) is 20.9 Å². The van der Waals surface area contributed by atoms with Gasteiger partial charge in [0.1, 0.15) is 5.01 Å². The van der Waals surface area contributed by atoms with Gasteiger partial charge < -0.3 is 16.0 Å². The van der Waals surface area contributed by atoms with E-state index in [0.717, 1.165) is 41.8 Å². The molecule has 2 aromatic heterocycles. The number of nitrogens with zero attached hydrogens (tertiary/aromatic N) is 2. The highest BCUT2D eigenvalue weighted by molar-refractivity contribution is 14.0. The number of amides is 1. The molecule has 0 radical (unpaired) electrons. The second-order valence-electron chi connectivity index (χ2n) is 5.28. The summed E-state index contributed by atoms with van der Waals surface area (Å²) in [6.07, 6.45) is 3.77. The van der Waals surface area contributed by atoms with Crippen molar-refractivity contribution in [3.8, 4) is 0 Å². The van der Waals surface area contributed by atoms with Gasteiger partial charge in [-0.3, -0.25) is 4.79 Å². The fourth-order valence-corrected chi connectivity index (χ4v) is 3.49. The minimum atomic E-state index is -0.00827. The Hall–Kier alpha value is -1.20. The van der Waals surface area contributed by atoms with Crippen LogP contribution in [0.5, 0.6) is 0 Å². The molecule has 0 aliphatic heterocycles. The van der Waals surface area contributed by atoms with E-state index in [1.165, 1.54) is 16.2 Å². The molecule has 0 aliphatic carbocycles. The van der Waals surface area contributed by atoms with E-state index in [1.54, 1.807) is 11.3 Å². The van der Waals surface area contributed by atoms with Crippen molar-refractivity contribution < 1.29 is 4.79 Å². The van der Waals surface area contributed by atoms with Crippen LogP contribution in [0.15, 0.2) is 28.7 Å². The van der Waals surface area contributed by atoms with Gasteiger partial charge in [0.15, 0.2) is 5.96 Å². The minimum Gasteiger partial charge on any atom is -0.357 e. The van der Waals surface area contributed by atoms with Crippen molar-refractivity contribution in [1.29, 1.82) is 0 Å². The number of aliphatic imine (C=N–C) groups is 1. The fraction of sp³-hybridized carbons (Fsp3) is 0.471. The number of halogens is 1. The zero-order valence-corrected chi connectivity index (χ0v) is 19.0. The molecule has 26 heavy (non-hydrogen) atoms. The molecule has 0 bridgehead atoms. The number of thiazole rings is 1. The number of hydrogen-bond donors (Lipinski definition) is 3. The maximum absolute atomic E-state index is 11.8. The number of thiophene rings is 1. The number of nitrogens with one attached hydrogen (secondary N) is 3. The summed E-state index contributed by atoms with van der Waals surface area (Å²) in [5.41, 5.74) is 0. The molecule has 0 spiro atoms. The molecule has 6 nitrogen and oxygen atoms in total. The van der Waals surface area contributed by atoms with E-state index in [9.17, 15) is 4.79 Å². The first-order chi connectivity index (χ1) is 12.2. The summed E-state index contributed by atoms with van der Waals surface area (Å²) in [6.45, 7) is 6.93. The second kappa shape index (κ2) is 13.0. The van der Waals surface area contributed by atoms with Crippen LogP contribution in [-0.4, -0.2) is 36.5 Å². The van der Waals surface area contributed by atoms with Gasteiger partial charge >= 0.3 is 0 Å². The maximum atomic E-state index is 11.8. The van der Waals surface area contributed by atoms with Crippen LogP contribution >= 0.6 is 46.7 Å². The van der Waals surface area contributed by atoms with Crippen LogP contribution < -0.4 is 16.0 Å². The van der Waals surface area contributed by atoms with Crippen molar-refractivity contribution in [3.63, 3.8) is 0 Å². The third-order valence-corrected chi connectivity index (χ3v) is 5.34. The van der Waals surface area contributed by atoms with Crippen molar-refractivity contribution in [3.05, 3.63) is 38.5 Å². The minimum absolute atomic E-state index is 0. The molecule has 3 N–H and O–H groups in total. The molecule has 0 saturated heterocycles. The Morgan fingerprint density at radius 1 is 1.23 bits per heavy atom. The Balaban J connectivity index is 0.00000338. The van der Waals surface area contributed by atoms with Crippen LogP contribution in [0.1, 0.15) is 39.8 Å². The summed E-state index contributed by atoms with van der Waals surface area (Å²) in [4.78, 5) is 22.8. The standard InChI is InChI=1S/C17H25N5OS2.HI/c1-3-13-11-21-15(25-13)12-22-17(18-4-2)20-9-6-8-19-16(23)14-7-5-10-24-14;/h5,7,10-11H,3-4,6,8-9,12H2,1-2H3,(H,19,23)(H2,18,20,22);1H. The van der Waals surface area contributed by atoms with Gasteiger partial charge in [-0.25, -0.2) is 9.98 Å². The largest absolute Gasteiger partial charge is 0.357 e. The van der Waals surface area contributed by atoms with Gasteiger partial charge in [0.2, 0.25) is 0 Å². The van der Waals surface area contributed by atoms with E-state index in [-0.39, 0.29) is 29.9 Å². The molecule has 2 rings (SSSR count). The highest BCUT2D eigenvalue weighted by Crippen LogP contribution is 2.13. The monoisotopic (exact) mass is 507 g/mol. The van der Waals surface area contributed by atoms with E-state index in [4.69, 9.17) is 0 Å².